The third-order valence-electron chi connectivity index (χ3n) is 4.52. The van der Waals surface area contributed by atoms with Crippen LogP contribution in [0.5, 0.6) is 0 Å². The summed E-state index contributed by atoms with van der Waals surface area (Å²) in [5.41, 5.74) is 3.59. The molecule has 114 valence electrons. The van der Waals surface area contributed by atoms with Crippen LogP contribution in [0.3, 0.4) is 0 Å². The number of imidazole rings is 1. The van der Waals surface area contributed by atoms with E-state index in [1.165, 1.54) is 43.4 Å². The highest BCUT2D eigenvalue weighted by Crippen LogP contribution is 2.26. The summed E-state index contributed by atoms with van der Waals surface area (Å²) in [7, 11) is 0. The number of alkyl halides is 1. The van der Waals surface area contributed by atoms with Crippen molar-refractivity contribution >= 4 is 22.6 Å². The summed E-state index contributed by atoms with van der Waals surface area (Å²) in [5.74, 6) is 1.46. The lowest BCUT2D eigenvalue weighted by atomic mass is 10.1. The molecule has 0 aliphatic carbocycles. The van der Waals surface area contributed by atoms with Crippen molar-refractivity contribution in [2.75, 3.05) is 19.6 Å². The molecule has 1 unspecified atom stereocenters. The third kappa shape index (κ3) is 2.95. The van der Waals surface area contributed by atoms with Crippen molar-refractivity contribution < 1.29 is 0 Å². The topological polar surface area (TPSA) is 21.1 Å². The first kappa shape index (κ1) is 14.9. The van der Waals surface area contributed by atoms with E-state index in [-0.39, 0.29) is 0 Å². The van der Waals surface area contributed by atoms with E-state index in [1.54, 1.807) is 0 Å². The number of aryl methyl sites for hydroxylation is 1. The van der Waals surface area contributed by atoms with Crippen molar-refractivity contribution in [1.82, 2.24) is 14.5 Å². The van der Waals surface area contributed by atoms with Gasteiger partial charge in [-0.3, -0.25) is 0 Å². The third-order valence-corrected chi connectivity index (χ3v) is 4.76. The summed E-state index contributed by atoms with van der Waals surface area (Å²) in [6, 6.07) is 6.72. The summed E-state index contributed by atoms with van der Waals surface area (Å²) in [6.45, 7) is 7.99. The number of rotatable bonds is 4. The molecular formula is C17H24ClN3. The van der Waals surface area contributed by atoms with Gasteiger partial charge in [0, 0.05) is 12.6 Å². The number of halogens is 1. The first-order valence-corrected chi connectivity index (χ1v) is 8.49. The first-order chi connectivity index (χ1) is 10.2. The van der Waals surface area contributed by atoms with Crippen molar-refractivity contribution in [3.63, 3.8) is 0 Å². The molecule has 2 aromatic rings. The van der Waals surface area contributed by atoms with Crippen LogP contribution in [0.4, 0.5) is 0 Å². The SMILES string of the molecule is Cc1cccc2nc(CCl)n(C(C)CN3CCCCC3)c12. The second-order valence-corrected chi connectivity index (χ2v) is 6.45. The summed E-state index contributed by atoms with van der Waals surface area (Å²) in [5, 5.41) is 0. The smallest absolute Gasteiger partial charge is 0.125 e. The highest BCUT2D eigenvalue weighted by molar-refractivity contribution is 6.16. The second kappa shape index (κ2) is 6.37. The van der Waals surface area contributed by atoms with Crippen LogP contribution in [0.1, 0.15) is 43.6 Å². The molecular weight excluding hydrogens is 282 g/mol. The van der Waals surface area contributed by atoms with Crippen molar-refractivity contribution in [2.24, 2.45) is 0 Å². The molecule has 1 aliphatic heterocycles. The van der Waals surface area contributed by atoms with Crippen molar-refractivity contribution in [3.8, 4) is 0 Å². The van der Waals surface area contributed by atoms with Gasteiger partial charge in [0.2, 0.25) is 0 Å². The Bertz CT molecular complexity index is 614. The normalized spacial score (nSPS) is 18.2. The number of hydrogen-bond donors (Lipinski definition) is 0. The van der Waals surface area contributed by atoms with Crippen molar-refractivity contribution in [2.45, 2.75) is 45.0 Å². The van der Waals surface area contributed by atoms with Gasteiger partial charge in [-0.15, -0.1) is 11.6 Å². The predicted molar refractivity (Wildman–Crippen MR) is 89.0 cm³/mol. The number of aromatic nitrogens is 2. The number of benzene rings is 1. The molecule has 21 heavy (non-hydrogen) atoms. The van der Waals surface area contributed by atoms with Crippen molar-refractivity contribution in [1.29, 1.82) is 0 Å². The number of nitrogens with zero attached hydrogens (tertiary/aromatic N) is 3. The van der Waals surface area contributed by atoms with Gasteiger partial charge in [-0.2, -0.15) is 0 Å². The number of hydrogen-bond acceptors (Lipinski definition) is 2. The molecule has 1 atom stereocenters. The maximum atomic E-state index is 6.15. The zero-order valence-electron chi connectivity index (χ0n) is 13.0. The van der Waals surface area contributed by atoms with Crippen LogP contribution in [0.2, 0.25) is 0 Å². The zero-order valence-corrected chi connectivity index (χ0v) is 13.7. The second-order valence-electron chi connectivity index (χ2n) is 6.18. The van der Waals surface area contributed by atoms with Crippen LogP contribution < -0.4 is 0 Å². The van der Waals surface area contributed by atoms with Crippen LogP contribution in [0, 0.1) is 6.92 Å². The molecule has 1 saturated heterocycles. The van der Waals surface area contributed by atoms with Gasteiger partial charge in [-0.25, -0.2) is 4.98 Å². The highest BCUT2D eigenvalue weighted by atomic mass is 35.5. The predicted octanol–water partition coefficient (Wildman–Crippen LogP) is 4.13. The Morgan fingerprint density at radius 1 is 1.24 bits per heavy atom. The first-order valence-electron chi connectivity index (χ1n) is 7.95. The molecule has 3 rings (SSSR count). The van der Waals surface area contributed by atoms with E-state index >= 15 is 0 Å². The van der Waals surface area contributed by atoms with Gasteiger partial charge in [-0.05, 0) is 51.4 Å². The Morgan fingerprint density at radius 3 is 2.71 bits per heavy atom. The highest BCUT2D eigenvalue weighted by Gasteiger charge is 2.20. The number of likely N-dealkylation sites (tertiary alicyclic amines) is 1. The number of fused-ring (bicyclic) bond motifs is 1. The fraction of sp³-hybridized carbons (Fsp3) is 0.588. The van der Waals surface area contributed by atoms with E-state index in [2.05, 4.69) is 41.5 Å². The monoisotopic (exact) mass is 305 g/mol. The van der Waals surface area contributed by atoms with Crippen LogP contribution in [0.25, 0.3) is 11.0 Å². The lowest BCUT2D eigenvalue weighted by molar-refractivity contribution is 0.202. The van der Waals surface area contributed by atoms with E-state index in [9.17, 15) is 0 Å². The van der Waals surface area contributed by atoms with E-state index in [0.717, 1.165) is 17.9 Å². The fourth-order valence-electron chi connectivity index (χ4n) is 3.54. The lowest BCUT2D eigenvalue weighted by Gasteiger charge is -2.30. The standard InChI is InChI=1S/C17H24ClN3/c1-13-7-6-8-15-17(13)21(16(11-18)19-15)14(2)12-20-9-4-3-5-10-20/h6-8,14H,3-5,9-12H2,1-2H3. The Balaban J connectivity index is 1.93. The van der Waals surface area contributed by atoms with E-state index in [4.69, 9.17) is 16.6 Å². The molecule has 0 bridgehead atoms. The maximum absolute atomic E-state index is 6.15. The molecule has 0 spiro atoms. The average molecular weight is 306 g/mol. The zero-order chi connectivity index (χ0) is 14.8. The minimum absolute atomic E-state index is 0.406. The van der Waals surface area contributed by atoms with Gasteiger partial charge < -0.3 is 9.47 Å². The van der Waals surface area contributed by atoms with Gasteiger partial charge in [0.1, 0.15) is 5.82 Å². The Labute approximate surface area is 131 Å². The van der Waals surface area contributed by atoms with Gasteiger partial charge in [0.05, 0.1) is 16.9 Å². The van der Waals surface area contributed by atoms with Crippen molar-refractivity contribution in [3.05, 3.63) is 29.6 Å². The molecule has 0 saturated carbocycles. The molecule has 0 N–H and O–H groups in total. The largest absolute Gasteiger partial charge is 0.323 e. The lowest BCUT2D eigenvalue weighted by Crippen LogP contribution is -2.34. The van der Waals surface area contributed by atoms with Crippen LogP contribution in [0.15, 0.2) is 18.2 Å². The summed E-state index contributed by atoms with van der Waals surface area (Å²) in [6.07, 6.45) is 4.04. The van der Waals surface area contributed by atoms with E-state index in [1.807, 2.05) is 0 Å². The average Bonchev–Trinajstić information content (AvgIpc) is 2.88. The van der Waals surface area contributed by atoms with Gasteiger partial charge >= 0.3 is 0 Å². The van der Waals surface area contributed by atoms with E-state index < -0.39 is 0 Å². The quantitative estimate of drug-likeness (QED) is 0.792. The molecule has 1 aromatic heterocycles. The molecule has 1 aromatic carbocycles. The van der Waals surface area contributed by atoms with Gasteiger partial charge in [-0.1, -0.05) is 18.6 Å². The molecule has 2 heterocycles. The summed E-state index contributed by atoms with van der Waals surface area (Å²) in [4.78, 5) is 7.30. The molecule has 4 heteroatoms. The Morgan fingerprint density at radius 2 is 2.00 bits per heavy atom. The Hall–Kier alpha value is -1.06. The van der Waals surface area contributed by atoms with Crippen LogP contribution in [-0.2, 0) is 5.88 Å². The molecule has 3 nitrogen and oxygen atoms in total. The maximum Gasteiger partial charge on any atom is 0.125 e. The molecule has 0 radical (unpaired) electrons. The summed E-state index contributed by atoms with van der Waals surface area (Å²) >= 11 is 6.15. The minimum atomic E-state index is 0.406. The molecule has 1 fully saturated rings. The number of piperidine rings is 1. The summed E-state index contributed by atoms with van der Waals surface area (Å²) < 4.78 is 2.35. The van der Waals surface area contributed by atoms with Crippen LogP contribution in [-0.4, -0.2) is 34.1 Å². The fourth-order valence-corrected chi connectivity index (χ4v) is 3.72. The molecule has 0 amide bonds. The molecule has 1 aliphatic rings. The van der Waals surface area contributed by atoms with Gasteiger partial charge in [0.15, 0.2) is 0 Å². The van der Waals surface area contributed by atoms with E-state index in [0.29, 0.717) is 11.9 Å². The number of para-hydroxylation sites is 1. The van der Waals surface area contributed by atoms with Gasteiger partial charge in [0.25, 0.3) is 0 Å². The minimum Gasteiger partial charge on any atom is -0.323 e. The van der Waals surface area contributed by atoms with Crippen LogP contribution >= 0.6 is 11.6 Å². The Kier molecular flexibility index (Phi) is 4.51.